The molecule has 2 aromatic carbocycles. The van der Waals surface area contributed by atoms with Crippen LogP contribution in [-0.2, 0) is 0 Å². The van der Waals surface area contributed by atoms with Crippen LogP contribution in [-0.4, -0.2) is 5.91 Å². The summed E-state index contributed by atoms with van der Waals surface area (Å²) >= 11 is 11.6. The van der Waals surface area contributed by atoms with Crippen molar-refractivity contribution in [1.82, 2.24) is 0 Å². The zero-order chi connectivity index (χ0) is 14.0. The minimum Gasteiger partial charge on any atom is -0.322 e. The van der Waals surface area contributed by atoms with E-state index in [1.165, 1.54) is 0 Å². The molecule has 0 aromatic heterocycles. The minimum absolute atomic E-state index is 0.212. The van der Waals surface area contributed by atoms with Crippen molar-refractivity contribution in [2.45, 2.75) is 6.92 Å². The Kier molecular flexibility index (Phi) is 4.86. The molecule has 2 aromatic rings. The van der Waals surface area contributed by atoms with Gasteiger partial charge >= 0.3 is 0 Å². The van der Waals surface area contributed by atoms with E-state index in [2.05, 4.69) is 43.8 Å². The van der Waals surface area contributed by atoms with Crippen LogP contribution in [0.3, 0.4) is 0 Å². The molecule has 1 N–H and O–H groups in total. The third-order valence-corrected chi connectivity index (χ3v) is 4.11. The maximum atomic E-state index is 12.2. The zero-order valence-electron chi connectivity index (χ0n) is 10.0. The number of amides is 1. The van der Waals surface area contributed by atoms with E-state index in [1.54, 1.807) is 18.2 Å². The lowest BCUT2D eigenvalue weighted by Gasteiger charge is -2.10. The van der Waals surface area contributed by atoms with E-state index in [1.807, 2.05) is 25.1 Å². The molecule has 0 atom stereocenters. The summed E-state index contributed by atoms with van der Waals surface area (Å²) in [6, 6.07) is 11.1. The SMILES string of the molecule is Cc1ccc(I)cc1NC(=O)c1cc(Br)ccc1Cl. The second-order valence-corrected chi connectivity index (χ2v) is 6.61. The summed E-state index contributed by atoms with van der Waals surface area (Å²) in [5.41, 5.74) is 2.27. The quantitative estimate of drug-likeness (QED) is 0.621. The maximum Gasteiger partial charge on any atom is 0.257 e. The molecule has 0 fully saturated rings. The number of hydrogen-bond acceptors (Lipinski definition) is 1. The molecule has 0 radical (unpaired) electrons. The molecular weight excluding hydrogens is 440 g/mol. The predicted molar refractivity (Wildman–Crippen MR) is 91.0 cm³/mol. The van der Waals surface area contributed by atoms with Gasteiger partial charge in [-0.05, 0) is 65.4 Å². The monoisotopic (exact) mass is 449 g/mol. The van der Waals surface area contributed by atoms with Gasteiger partial charge < -0.3 is 5.32 Å². The molecule has 1 amide bonds. The first-order valence-electron chi connectivity index (χ1n) is 5.50. The van der Waals surface area contributed by atoms with Gasteiger partial charge in [0, 0.05) is 13.7 Å². The molecule has 0 saturated heterocycles. The Balaban J connectivity index is 2.30. The van der Waals surface area contributed by atoms with Gasteiger partial charge in [-0.2, -0.15) is 0 Å². The van der Waals surface area contributed by atoms with E-state index >= 15 is 0 Å². The van der Waals surface area contributed by atoms with E-state index in [-0.39, 0.29) is 5.91 Å². The fourth-order valence-electron chi connectivity index (χ4n) is 1.59. The number of anilines is 1. The Morgan fingerprint density at radius 3 is 2.74 bits per heavy atom. The minimum atomic E-state index is -0.212. The Morgan fingerprint density at radius 1 is 1.26 bits per heavy atom. The fraction of sp³-hybridized carbons (Fsp3) is 0.0714. The van der Waals surface area contributed by atoms with E-state index in [9.17, 15) is 4.79 Å². The lowest BCUT2D eigenvalue weighted by molar-refractivity contribution is 0.102. The smallest absolute Gasteiger partial charge is 0.257 e. The number of halogens is 3. The van der Waals surface area contributed by atoms with Crippen LogP contribution in [0.2, 0.25) is 5.02 Å². The summed E-state index contributed by atoms with van der Waals surface area (Å²) in [6.45, 7) is 1.95. The molecule has 2 rings (SSSR count). The van der Waals surface area contributed by atoms with Gasteiger partial charge in [0.15, 0.2) is 0 Å². The van der Waals surface area contributed by atoms with Crippen molar-refractivity contribution in [3.63, 3.8) is 0 Å². The Labute approximate surface area is 138 Å². The normalized spacial score (nSPS) is 10.3. The first kappa shape index (κ1) is 14.8. The molecule has 0 spiro atoms. The second kappa shape index (κ2) is 6.24. The number of aryl methyl sites for hydroxylation is 1. The van der Waals surface area contributed by atoms with E-state index in [0.717, 1.165) is 19.3 Å². The number of benzene rings is 2. The summed E-state index contributed by atoms with van der Waals surface area (Å²) in [4.78, 5) is 12.2. The highest BCUT2D eigenvalue weighted by molar-refractivity contribution is 14.1. The average molecular weight is 451 g/mol. The van der Waals surface area contributed by atoms with Gasteiger partial charge in [0.2, 0.25) is 0 Å². The van der Waals surface area contributed by atoms with Crippen LogP contribution in [0.25, 0.3) is 0 Å². The first-order chi connectivity index (χ1) is 8.97. The summed E-state index contributed by atoms with van der Waals surface area (Å²) in [5.74, 6) is -0.212. The summed E-state index contributed by atoms with van der Waals surface area (Å²) < 4.78 is 1.89. The van der Waals surface area contributed by atoms with Gasteiger partial charge in [0.25, 0.3) is 5.91 Å². The molecule has 5 heteroatoms. The van der Waals surface area contributed by atoms with Crippen LogP contribution >= 0.6 is 50.1 Å². The zero-order valence-corrected chi connectivity index (χ0v) is 14.5. The summed E-state index contributed by atoms with van der Waals surface area (Å²) in [7, 11) is 0. The highest BCUT2D eigenvalue weighted by Crippen LogP contribution is 2.24. The first-order valence-corrected chi connectivity index (χ1v) is 7.75. The van der Waals surface area contributed by atoms with Gasteiger partial charge in [-0.3, -0.25) is 4.79 Å². The van der Waals surface area contributed by atoms with Crippen molar-refractivity contribution in [3.8, 4) is 0 Å². The van der Waals surface area contributed by atoms with Crippen molar-refractivity contribution in [1.29, 1.82) is 0 Å². The topological polar surface area (TPSA) is 29.1 Å². The van der Waals surface area contributed by atoms with E-state index in [4.69, 9.17) is 11.6 Å². The fourth-order valence-corrected chi connectivity index (χ4v) is 2.65. The van der Waals surface area contributed by atoms with E-state index < -0.39 is 0 Å². The molecule has 0 aliphatic rings. The van der Waals surface area contributed by atoms with Gasteiger partial charge in [-0.15, -0.1) is 0 Å². The summed E-state index contributed by atoms with van der Waals surface area (Å²) in [5, 5.41) is 3.32. The molecule has 2 nitrogen and oxygen atoms in total. The van der Waals surface area contributed by atoms with E-state index in [0.29, 0.717) is 10.6 Å². The number of carbonyl (C=O) groups excluding carboxylic acids is 1. The van der Waals surface area contributed by atoms with Crippen molar-refractivity contribution in [3.05, 3.63) is 60.6 Å². The molecule has 0 unspecified atom stereocenters. The molecule has 0 aliphatic heterocycles. The van der Waals surface area contributed by atoms with Crippen molar-refractivity contribution >= 4 is 61.7 Å². The van der Waals surface area contributed by atoms with Gasteiger partial charge in [-0.1, -0.05) is 33.6 Å². The molecule has 0 aliphatic carbocycles. The van der Waals surface area contributed by atoms with Crippen molar-refractivity contribution in [2.24, 2.45) is 0 Å². The number of rotatable bonds is 2. The number of nitrogens with one attached hydrogen (secondary N) is 1. The lowest BCUT2D eigenvalue weighted by Crippen LogP contribution is -2.13. The van der Waals surface area contributed by atoms with Crippen LogP contribution < -0.4 is 5.32 Å². The van der Waals surface area contributed by atoms with Crippen LogP contribution in [0.5, 0.6) is 0 Å². The molecule has 0 bridgehead atoms. The second-order valence-electron chi connectivity index (χ2n) is 4.04. The van der Waals surface area contributed by atoms with Crippen LogP contribution in [0.1, 0.15) is 15.9 Å². The maximum absolute atomic E-state index is 12.2. The van der Waals surface area contributed by atoms with Crippen molar-refractivity contribution < 1.29 is 4.79 Å². The Bertz CT molecular complexity index is 645. The standard InChI is InChI=1S/C14H10BrClINO/c1-8-2-4-10(17)7-13(8)18-14(19)11-6-9(15)3-5-12(11)16/h2-7H,1H3,(H,18,19). The molecule has 0 saturated carbocycles. The number of carbonyl (C=O) groups is 1. The average Bonchev–Trinajstić information content (AvgIpc) is 2.36. The van der Waals surface area contributed by atoms with Gasteiger partial charge in [0.1, 0.15) is 0 Å². The van der Waals surface area contributed by atoms with Crippen LogP contribution in [0.4, 0.5) is 5.69 Å². The van der Waals surface area contributed by atoms with Crippen LogP contribution in [0, 0.1) is 10.5 Å². The highest BCUT2D eigenvalue weighted by Gasteiger charge is 2.12. The summed E-state index contributed by atoms with van der Waals surface area (Å²) in [6.07, 6.45) is 0. The van der Waals surface area contributed by atoms with Gasteiger partial charge in [0.05, 0.1) is 10.6 Å². The molecule has 0 heterocycles. The molecule has 19 heavy (non-hydrogen) atoms. The Morgan fingerprint density at radius 2 is 2.00 bits per heavy atom. The molecular formula is C14H10BrClINO. The number of hydrogen-bond donors (Lipinski definition) is 1. The lowest BCUT2D eigenvalue weighted by atomic mass is 10.1. The largest absolute Gasteiger partial charge is 0.322 e. The van der Waals surface area contributed by atoms with Gasteiger partial charge in [-0.25, -0.2) is 0 Å². The molecule has 98 valence electrons. The third kappa shape index (κ3) is 3.70. The van der Waals surface area contributed by atoms with Crippen molar-refractivity contribution in [2.75, 3.05) is 5.32 Å². The third-order valence-electron chi connectivity index (χ3n) is 2.62. The van der Waals surface area contributed by atoms with Crippen LogP contribution in [0.15, 0.2) is 40.9 Å². The Hall–Kier alpha value is -0.590. The predicted octanol–water partition coefficient (Wildman–Crippen LogP) is 5.27. The highest BCUT2D eigenvalue weighted by atomic mass is 127.